The Balaban J connectivity index is 2.12. The van der Waals surface area contributed by atoms with Crippen molar-refractivity contribution >= 4 is 11.7 Å². The molecule has 6 heteroatoms. The monoisotopic (exact) mass is 221 g/mol. The van der Waals surface area contributed by atoms with Crippen molar-refractivity contribution in [1.82, 2.24) is 15.3 Å². The van der Waals surface area contributed by atoms with Crippen molar-refractivity contribution in [2.45, 2.75) is 13.0 Å². The van der Waals surface area contributed by atoms with E-state index in [1.807, 2.05) is 4.90 Å². The minimum atomic E-state index is 0.0298. The first kappa shape index (κ1) is 10.8. The topological polar surface area (TPSA) is 84.1 Å². The smallest absolute Gasteiger partial charge is 0.239 e. The molecule has 1 fully saturated rings. The first-order valence-corrected chi connectivity index (χ1v) is 5.32. The number of nitrogens with two attached hydrogens (primary N) is 1. The minimum Gasteiger partial charge on any atom is -0.354 e. The van der Waals surface area contributed by atoms with Crippen LogP contribution in [0.1, 0.15) is 12.1 Å². The van der Waals surface area contributed by atoms with Gasteiger partial charge in [-0.3, -0.25) is 9.78 Å². The number of anilines is 1. The fraction of sp³-hybridized carbons (Fsp3) is 0.500. The van der Waals surface area contributed by atoms with Crippen LogP contribution in [0.4, 0.5) is 5.82 Å². The summed E-state index contributed by atoms with van der Waals surface area (Å²) in [5.74, 6) is 0.761. The fourth-order valence-electron chi connectivity index (χ4n) is 1.62. The second-order valence-corrected chi connectivity index (χ2v) is 3.70. The fourth-order valence-corrected chi connectivity index (χ4v) is 1.62. The highest BCUT2D eigenvalue weighted by atomic mass is 16.2. The summed E-state index contributed by atoms with van der Waals surface area (Å²) in [4.78, 5) is 21.7. The molecule has 2 heterocycles. The molecule has 0 unspecified atom stereocenters. The highest BCUT2D eigenvalue weighted by Gasteiger charge is 2.15. The van der Waals surface area contributed by atoms with Crippen molar-refractivity contribution in [1.29, 1.82) is 0 Å². The molecule has 16 heavy (non-hydrogen) atoms. The van der Waals surface area contributed by atoms with Crippen LogP contribution in [0, 0.1) is 0 Å². The number of hydrogen-bond donors (Lipinski definition) is 2. The maximum absolute atomic E-state index is 11.4. The molecule has 1 amide bonds. The molecule has 6 nitrogen and oxygen atoms in total. The van der Waals surface area contributed by atoms with E-state index in [0.29, 0.717) is 13.1 Å². The number of rotatable bonds is 2. The molecule has 2 rings (SSSR count). The van der Waals surface area contributed by atoms with E-state index in [4.69, 9.17) is 5.73 Å². The van der Waals surface area contributed by atoms with E-state index < -0.39 is 0 Å². The summed E-state index contributed by atoms with van der Waals surface area (Å²) < 4.78 is 0. The highest BCUT2D eigenvalue weighted by molar-refractivity contribution is 5.81. The van der Waals surface area contributed by atoms with Crippen LogP contribution in [0.2, 0.25) is 0 Å². The zero-order valence-electron chi connectivity index (χ0n) is 9.02. The number of nitrogens with zero attached hydrogens (tertiary/aromatic N) is 3. The lowest BCUT2D eigenvalue weighted by molar-refractivity contribution is -0.119. The second-order valence-electron chi connectivity index (χ2n) is 3.70. The van der Waals surface area contributed by atoms with Crippen molar-refractivity contribution in [3.8, 4) is 0 Å². The van der Waals surface area contributed by atoms with Gasteiger partial charge in [-0.25, -0.2) is 4.98 Å². The second kappa shape index (κ2) is 4.89. The molecular weight excluding hydrogens is 206 g/mol. The Kier molecular flexibility index (Phi) is 3.31. The van der Waals surface area contributed by atoms with Crippen LogP contribution in [-0.2, 0) is 11.3 Å². The van der Waals surface area contributed by atoms with Gasteiger partial charge in [-0.15, -0.1) is 0 Å². The van der Waals surface area contributed by atoms with E-state index in [-0.39, 0.29) is 5.91 Å². The molecular formula is C10H15N5O. The lowest BCUT2D eigenvalue weighted by atomic mass is 10.4. The Morgan fingerprint density at radius 1 is 1.44 bits per heavy atom. The van der Waals surface area contributed by atoms with Crippen molar-refractivity contribution in [3.63, 3.8) is 0 Å². The Bertz CT molecular complexity index is 364. The van der Waals surface area contributed by atoms with E-state index in [2.05, 4.69) is 15.3 Å². The molecule has 0 spiro atoms. The molecule has 0 radical (unpaired) electrons. The summed E-state index contributed by atoms with van der Waals surface area (Å²) in [6.07, 6.45) is 4.24. The molecule has 1 aliphatic rings. The maximum atomic E-state index is 11.4. The molecule has 0 saturated carbocycles. The summed E-state index contributed by atoms with van der Waals surface area (Å²) in [5.41, 5.74) is 6.20. The molecule has 1 aromatic rings. The van der Waals surface area contributed by atoms with Gasteiger partial charge in [0.2, 0.25) is 5.91 Å². The molecule has 0 bridgehead atoms. The molecule has 0 aromatic carbocycles. The van der Waals surface area contributed by atoms with Crippen molar-refractivity contribution in [3.05, 3.63) is 18.1 Å². The van der Waals surface area contributed by atoms with Gasteiger partial charge in [0.1, 0.15) is 5.82 Å². The minimum absolute atomic E-state index is 0.0298. The third kappa shape index (κ3) is 2.46. The summed E-state index contributed by atoms with van der Waals surface area (Å²) in [6, 6.07) is 0. The van der Waals surface area contributed by atoms with Crippen LogP contribution in [-0.4, -0.2) is 35.5 Å². The maximum Gasteiger partial charge on any atom is 0.239 e. The van der Waals surface area contributed by atoms with Crippen molar-refractivity contribution in [2.24, 2.45) is 5.73 Å². The number of carbonyl (C=O) groups is 1. The van der Waals surface area contributed by atoms with Gasteiger partial charge < -0.3 is 16.0 Å². The molecule has 0 aliphatic carbocycles. The average Bonchev–Trinajstić information content (AvgIpc) is 2.54. The first-order chi connectivity index (χ1) is 7.79. The van der Waals surface area contributed by atoms with Crippen LogP contribution < -0.4 is 16.0 Å². The van der Waals surface area contributed by atoms with Gasteiger partial charge in [-0.05, 0) is 6.42 Å². The third-order valence-corrected chi connectivity index (χ3v) is 2.49. The standard InChI is InChI=1S/C10H15N5O/c11-4-8-5-14-9(6-13-8)15-3-1-2-12-10(16)7-15/h5-6H,1-4,7,11H2,(H,12,16). The molecule has 86 valence electrons. The van der Waals surface area contributed by atoms with E-state index in [0.717, 1.165) is 31.0 Å². The summed E-state index contributed by atoms with van der Waals surface area (Å²) in [7, 11) is 0. The van der Waals surface area contributed by atoms with E-state index >= 15 is 0 Å². The van der Waals surface area contributed by atoms with Gasteiger partial charge in [0.05, 0.1) is 24.6 Å². The number of hydrogen-bond acceptors (Lipinski definition) is 5. The zero-order valence-corrected chi connectivity index (χ0v) is 9.02. The third-order valence-electron chi connectivity index (χ3n) is 2.49. The summed E-state index contributed by atoms with van der Waals surface area (Å²) >= 11 is 0. The van der Waals surface area contributed by atoms with E-state index in [1.165, 1.54) is 0 Å². The van der Waals surface area contributed by atoms with Crippen molar-refractivity contribution in [2.75, 3.05) is 24.5 Å². The highest BCUT2D eigenvalue weighted by Crippen LogP contribution is 2.10. The van der Waals surface area contributed by atoms with Crippen LogP contribution >= 0.6 is 0 Å². The van der Waals surface area contributed by atoms with Gasteiger partial charge in [0, 0.05) is 19.6 Å². The molecule has 1 saturated heterocycles. The van der Waals surface area contributed by atoms with Gasteiger partial charge in [-0.1, -0.05) is 0 Å². The summed E-state index contributed by atoms with van der Waals surface area (Å²) in [6.45, 7) is 2.27. The number of amides is 1. The Morgan fingerprint density at radius 2 is 2.31 bits per heavy atom. The van der Waals surface area contributed by atoms with E-state index in [1.54, 1.807) is 12.4 Å². The zero-order chi connectivity index (χ0) is 11.4. The summed E-state index contributed by atoms with van der Waals surface area (Å²) in [5, 5.41) is 2.82. The molecule has 3 N–H and O–H groups in total. The lowest BCUT2D eigenvalue weighted by Crippen LogP contribution is -2.33. The molecule has 0 atom stereocenters. The first-order valence-electron chi connectivity index (χ1n) is 5.32. The average molecular weight is 221 g/mol. The predicted octanol–water partition coefficient (Wildman–Crippen LogP) is -0.738. The molecule has 1 aromatic heterocycles. The SMILES string of the molecule is NCc1cnc(N2CCCNC(=O)C2)cn1. The van der Waals surface area contributed by atoms with Gasteiger partial charge in [0.15, 0.2) is 0 Å². The van der Waals surface area contributed by atoms with E-state index in [9.17, 15) is 4.79 Å². The predicted molar refractivity (Wildman–Crippen MR) is 59.8 cm³/mol. The number of aromatic nitrogens is 2. The Hall–Kier alpha value is -1.69. The normalized spacial score (nSPS) is 16.8. The molecule has 1 aliphatic heterocycles. The van der Waals surface area contributed by atoms with Crippen molar-refractivity contribution < 1.29 is 4.79 Å². The number of nitrogens with one attached hydrogen (secondary N) is 1. The van der Waals surface area contributed by atoms with Crippen LogP contribution in [0.25, 0.3) is 0 Å². The van der Waals surface area contributed by atoms with Gasteiger partial charge >= 0.3 is 0 Å². The Labute approximate surface area is 93.9 Å². The van der Waals surface area contributed by atoms with Crippen LogP contribution in [0.5, 0.6) is 0 Å². The largest absolute Gasteiger partial charge is 0.354 e. The number of carbonyl (C=O) groups excluding carboxylic acids is 1. The van der Waals surface area contributed by atoms with Gasteiger partial charge in [0.25, 0.3) is 0 Å². The van der Waals surface area contributed by atoms with Gasteiger partial charge in [-0.2, -0.15) is 0 Å². The quantitative estimate of drug-likeness (QED) is 0.687. The lowest BCUT2D eigenvalue weighted by Gasteiger charge is -2.19. The Morgan fingerprint density at radius 3 is 3.00 bits per heavy atom. The van der Waals surface area contributed by atoms with Crippen LogP contribution in [0.15, 0.2) is 12.4 Å². The van der Waals surface area contributed by atoms with Crippen LogP contribution in [0.3, 0.4) is 0 Å².